The lowest BCUT2D eigenvalue weighted by atomic mass is 10.0. The first-order chi connectivity index (χ1) is 10.7. The topological polar surface area (TPSA) is 136 Å². The van der Waals surface area contributed by atoms with E-state index >= 15 is 0 Å². The molecule has 8 nitrogen and oxygen atoms in total. The van der Waals surface area contributed by atoms with Crippen molar-refractivity contribution in [3.63, 3.8) is 0 Å². The average molecular weight is 323 g/mol. The van der Waals surface area contributed by atoms with E-state index < -0.39 is 28.9 Å². The Morgan fingerprint density at radius 3 is 2.48 bits per heavy atom. The zero-order chi connectivity index (χ0) is 17.6. The molecule has 0 saturated carbocycles. The molecule has 2 amide bonds. The van der Waals surface area contributed by atoms with E-state index in [4.69, 9.17) is 5.73 Å². The van der Waals surface area contributed by atoms with E-state index in [-0.39, 0.29) is 30.0 Å². The molecule has 4 N–H and O–H groups in total. The number of aliphatic hydroxyl groups excluding tert-OH is 1. The highest BCUT2D eigenvalue weighted by Gasteiger charge is 2.26. The van der Waals surface area contributed by atoms with Crippen LogP contribution in [0.25, 0.3) is 0 Å². The molecule has 23 heavy (non-hydrogen) atoms. The third-order valence-electron chi connectivity index (χ3n) is 3.27. The lowest BCUT2D eigenvalue weighted by Gasteiger charge is -2.19. The maximum absolute atomic E-state index is 11.9. The summed E-state index contributed by atoms with van der Waals surface area (Å²) >= 11 is 0. The molecule has 0 heterocycles. The average Bonchev–Trinajstić information content (AvgIpc) is 2.45. The quantitative estimate of drug-likeness (QED) is 0.473. The molecule has 126 valence electrons. The Kier molecular flexibility index (Phi) is 6.65. The number of nitro groups is 1. The molecule has 1 rings (SSSR count). The van der Waals surface area contributed by atoms with Gasteiger partial charge in [-0.25, -0.2) is 0 Å². The Bertz CT molecular complexity index is 588. The van der Waals surface area contributed by atoms with Crippen LogP contribution in [0.5, 0.6) is 0 Å². The number of nitro benzene ring substituents is 1. The first-order valence-corrected chi connectivity index (χ1v) is 7.22. The minimum absolute atomic E-state index is 0.0954. The standard InChI is InChI=1S/C15H21N3O5/c1-9(2)7-13(19)15(21)17-11(14(16)20)8-10-5-3-4-6-12(10)18(22)23/h3-6,9,11,13,19H,7-8H2,1-2H3,(H2,16,20)(H,17,21)/t11-,13+/m0/s1. The van der Waals surface area contributed by atoms with E-state index in [1.54, 1.807) is 6.07 Å². The molecule has 0 aliphatic carbocycles. The van der Waals surface area contributed by atoms with Crippen molar-refractivity contribution in [2.24, 2.45) is 11.7 Å². The summed E-state index contributed by atoms with van der Waals surface area (Å²) in [6.45, 7) is 3.69. The number of primary amides is 1. The van der Waals surface area contributed by atoms with Crippen LogP contribution in [-0.4, -0.2) is 34.0 Å². The monoisotopic (exact) mass is 323 g/mol. The number of nitrogens with one attached hydrogen (secondary N) is 1. The van der Waals surface area contributed by atoms with Gasteiger partial charge in [0.25, 0.3) is 5.69 Å². The smallest absolute Gasteiger partial charge is 0.272 e. The van der Waals surface area contributed by atoms with Crippen molar-refractivity contribution in [3.05, 3.63) is 39.9 Å². The highest BCUT2D eigenvalue weighted by atomic mass is 16.6. The number of hydrogen-bond acceptors (Lipinski definition) is 5. The van der Waals surface area contributed by atoms with E-state index in [9.17, 15) is 24.8 Å². The van der Waals surface area contributed by atoms with Crippen LogP contribution in [0.15, 0.2) is 24.3 Å². The fraction of sp³-hybridized carbons (Fsp3) is 0.467. The van der Waals surface area contributed by atoms with Gasteiger partial charge in [-0.1, -0.05) is 32.0 Å². The van der Waals surface area contributed by atoms with Gasteiger partial charge in [0.15, 0.2) is 0 Å². The van der Waals surface area contributed by atoms with Crippen molar-refractivity contribution in [2.75, 3.05) is 0 Å². The van der Waals surface area contributed by atoms with Gasteiger partial charge in [-0.2, -0.15) is 0 Å². The first-order valence-electron chi connectivity index (χ1n) is 7.22. The molecule has 1 aromatic carbocycles. The van der Waals surface area contributed by atoms with Gasteiger partial charge in [0.05, 0.1) is 4.92 Å². The molecule has 0 bridgehead atoms. The molecular formula is C15H21N3O5. The molecule has 8 heteroatoms. The third kappa shape index (κ3) is 5.67. The summed E-state index contributed by atoms with van der Waals surface area (Å²) in [5, 5.41) is 23.1. The van der Waals surface area contributed by atoms with Crippen LogP contribution in [-0.2, 0) is 16.0 Å². The van der Waals surface area contributed by atoms with E-state index in [0.29, 0.717) is 0 Å². The van der Waals surface area contributed by atoms with Gasteiger partial charge >= 0.3 is 0 Å². The minimum atomic E-state index is -1.26. The van der Waals surface area contributed by atoms with E-state index in [1.807, 2.05) is 13.8 Å². The van der Waals surface area contributed by atoms with Gasteiger partial charge < -0.3 is 16.2 Å². The van der Waals surface area contributed by atoms with Gasteiger partial charge in [0, 0.05) is 18.1 Å². The van der Waals surface area contributed by atoms with Gasteiger partial charge in [-0.15, -0.1) is 0 Å². The third-order valence-corrected chi connectivity index (χ3v) is 3.27. The molecule has 1 aromatic rings. The van der Waals surface area contributed by atoms with Crippen LogP contribution >= 0.6 is 0 Å². The first kappa shape index (κ1) is 18.6. The van der Waals surface area contributed by atoms with Crippen LogP contribution in [0.1, 0.15) is 25.8 Å². The van der Waals surface area contributed by atoms with Gasteiger partial charge in [-0.05, 0) is 12.3 Å². The Hall–Kier alpha value is -2.48. The number of benzene rings is 1. The van der Waals surface area contributed by atoms with E-state index in [0.717, 1.165) is 0 Å². The van der Waals surface area contributed by atoms with E-state index in [1.165, 1.54) is 18.2 Å². The van der Waals surface area contributed by atoms with Crippen LogP contribution < -0.4 is 11.1 Å². The van der Waals surface area contributed by atoms with Crippen molar-refractivity contribution in [2.45, 2.75) is 38.8 Å². The highest BCUT2D eigenvalue weighted by Crippen LogP contribution is 2.19. The number of carbonyl (C=O) groups excluding carboxylic acids is 2. The second kappa shape index (κ2) is 8.23. The van der Waals surface area contributed by atoms with Gasteiger partial charge in [-0.3, -0.25) is 19.7 Å². The fourth-order valence-electron chi connectivity index (χ4n) is 2.13. The molecule has 0 saturated heterocycles. The second-order valence-electron chi connectivity index (χ2n) is 5.70. The molecule has 0 aliphatic heterocycles. The summed E-state index contributed by atoms with van der Waals surface area (Å²) in [4.78, 5) is 33.8. The summed E-state index contributed by atoms with van der Waals surface area (Å²) in [5.41, 5.74) is 5.38. The minimum Gasteiger partial charge on any atom is -0.383 e. The molecule has 0 radical (unpaired) electrons. The van der Waals surface area contributed by atoms with E-state index in [2.05, 4.69) is 5.32 Å². The summed E-state index contributed by atoms with van der Waals surface area (Å²) < 4.78 is 0. The van der Waals surface area contributed by atoms with Gasteiger partial charge in [0.2, 0.25) is 11.8 Å². The highest BCUT2D eigenvalue weighted by molar-refractivity contribution is 5.88. The Labute approximate surface area is 133 Å². The maximum atomic E-state index is 11.9. The number of nitrogens with zero attached hydrogens (tertiary/aromatic N) is 1. The Morgan fingerprint density at radius 2 is 1.96 bits per heavy atom. The van der Waals surface area contributed by atoms with Crippen LogP contribution in [0.3, 0.4) is 0 Å². The second-order valence-corrected chi connectivity index (χ2v) is 5.70. The van der Waals surface area contributed by atoms with Crippen molar-refractivity contribution in [1.82, 2.24) is 5.32 Å². The largest absolute Gasteiger partial charge is 0.383 e. The lowest BCUT2D eigenvalue weighted by molar-refractivity contribution is -0.385. The van der Waals surface area contributed by atoms with Crippen molar-refractivity contribution in [1.29, 1.82) is 0 Å². The predicted molar refractivity (Wildman–Crippen MR) is 83.4 cm³/mol. The number of para-hydroxylation sites is 1. The lowest BCUT2D eigenvalue weighted by Crippen LogP contribution is -2.49. The maximum Gasteiger partial charge on any atom is 0.272 e. The number of nitrogens with two attached hydrogens (primary N) is 1. The zero-order valence-corrected chi connectivity index (χ0v) is 13.1. The Balaban J connectivity index is 2.87. The summed E-state index contributed by atoms with van der Waals surface area (Å²) in [6.07, 6.45) is -1.14. The summed E-state index contributed by atoms with van der Waals surface area (Å²) in [6, 6.07) is 4.76. The van der Waals surface area contributed by atoms with Crippen LogP contribution in [0.2, 0.25) is 0 Å². The Morgan fingerprint density at radius 1 is 1.35 bits per heavy atom. The fourth-order valence-corrected chi connectivity index (χ4v) is 2.13. The molecule has 2 atom stereocenters. The number of amides is 2. The summed E-state index contributed by atoms with van der Waals surface area (Å²) in [5.74, 6) is -1.45. The number of carbonyl (C=O) groups is 2. The zero-order valence-electron chi connectivity index (χ0n) is 13.1. The number of rotatable bonds is 8. The number of hydrogen-bond donors (Lipinski definition) is 3. The molecular weight excluding hydrogens is 302 g/mol. The number of aliphatic hydroxyl groups is 1. The molecule has 0 aliphatic rings. The summed E-state index contributed by atoms with van der Waals surface area (Å²) in [7, 11) is 0. The van der Waals surface area contributed by atoms with Crippen LogP contribution in [0, 0.1) is 16.0 Å². The van der Waals surface area contributed by atoms with Crippen molar-refractivity contribution in [3.8, 4) is 0 Å². The molecule has 0 unspecified atom stereocenters. The van der Waals surface area contributed by atoms with Gasteiger partial charge in [0.1, 0.15) is 12.1 Å². The predicted octanol–water partition coefficient (Wildman–Crippen LogP) is 0.514. The van der Waals surface area contributed by atoms with Crippen LogP contribution in [0.4, 0.5) is 5.69 Å². The normalized spacial score (nSPS) is 13.4. The molecule has 0 fully saturated rings. The van der Waals surface area contributed by atoms with Crippen molar-refractivity contribution < 1.29 is 19.6 Å². The van der Waals surface area contributed by atoms with Crippen molar-refractivity contribution >= 4 is 17.5 Å². The molecule has 0 aromatic heterocycles. The molecule has 0 spiro atoms. The SMILES string of the molecule is CC(C)C[C@@H](O)C(=O)N[C@@H](Cc1ccccc1[N+](=O)[O-])C(N)=O.